The lowest BCUT2D eigenvalue weighted by Crippen LogP contribution is -2.51. The number of rotatable bonds is 8. The van der Waals surface area contributed by atoms with E-state index >= 15 is 0 Å². The first kappa shape index (κ1) is 27.8. The second-order valence-corrected chi connectivity index (χ2v) is 9.65. The Morgan fingerprint density at radius 2 is 1.63 bits per heavy atom. The Labute approximate surface area is 233 Å². The van der Waals surface area contributed by atoms with Gasteiger partial charge in [-0.15, -0.1) is 0 Å². The van der Waals surface area contributed by atoms with Crippen LogP contribution >= 0.6 is 0 Å². The zero-order chi connectivity index (χ0) is 29.1. The van der Waals surface area contributed by atoms with Crippen molar-refractivity contribution in [2.45, 2.75) is 37.3 Å². The lowest BCUT2D eigenvalue weighted by atomic mass is 9.98. The van der Waals surface area contributed by atoms with Crippen LogP contribution in [0.15, 0.2) is 70.4 Å². The molecular formula is C28H28N4O9. The normalized spacial score (nSPS) is 21.0. The van der Waals surface area contributed by atoms with E-state index in [4.69, 9.17) is 14.2 Å². The predicted octanol–water partition coefficient (Wildman–Crippen LogP) is 0.382. The van der Waals surface area contributed by atoms with E-state index in [1.54, 1.807) is 0 Å². The summed E-state index contributed by atoms with van der Waals surface area (Å²) in [4.78, 5) is 62.4. The van der Waals surface area contributed by atoms with Crippen LogP contribution in [0.1, 0.15) is 30.2 Å². The zero-order valence-corrected chi connectivity index (χ0v) is 21.9. The van der Waals surface area contributed by atoms with Crippen molar-refractivity contribution in [3.05, 3.63) is 92.8 Å². The van der Waals surface area contributed by atoms with Crippen LogP contribution < -0.4 is 21.9 Å². The van der Waals surface area contributed by atoms with Crippen molar-refractivity contribution in [2.75, 3.05) is 19.8 Å². The number of nitrogens with one attached hydrogen (secondary N) is 3. The molecule has 5 rings (SSSR count). The van der Waals surface area contributed by atoms with Crippen molar-refractivity contribution in [1.29, 1.82) is 0 Å². The number of aliphatic hydroxyl groups is 1. The Morgan fingerprint density at radius 3 is 2.27 bits per heavy atom. The number of nitrogens with zero attached hydrogens (tertiary/aromatic N) is 1. The number of alkyl carbamates (subject to hydrolysis) is 1. The molecule has 0 bridgehead atoms. The average molecular weight is 565 g/mol. The number of carbonyl (C=O) groups is 3. The number of amides is 2. The molecule has 1 aliphatic carbocycles. The molecular weight excluding hydrogens is 536 g/mol. The molecule has 2 amide bonds. The summed E-state index contributed by atoms with van der Waals surface area (Å²) in [6, 6.07) is 15.7. The molecule has 214 valence electrons. The maximum absolute atomic E-state index is 12.7. The van der Waals surface area contributed by atoms with Crippen molar-refractivity contribution >= 4 is 18.0 Å². The standard InChI is InChI=1S/C28H28N4O9/c1-15(33)39-14-21-25(36)24(26(41-21)32-11-10-22(34)31-27(32)37)30-23(35)12-29-28(38)40-13-20-18-8-4-2-6-16(18)17-7-3-5-9-19(17)20/h2-11,20-21,24-26,36H,12-14H2,1H3,(H,29,38)(H,30,35)(H,31,34,37)/t21-,24-,25-,26-/m1/s1. The molecule has 1 fully saturated rings. The van der Waals surface area contributed by atoms with Gasteiger partial charge in [0.25, 0.3) is 5.56 Å². The van der Waals surface area contributed by atoms with E-state index in [0.717, 1.165) is 39.1 Å². The van der Waals surface area contributed by atoms with E-state index in [1.807, 2.05) is 48.5 Å². The van der Waals surface area contributed by atoms with Gasteiger partial charge >= 0.3 is 17.8 Å². The average Bonchev–Trinajstić information content (AvgIpc) is 3.43. The summed E-state index contributed by atoms with van der Waals surface area (Å²) >= 11 is 0. The molecule has 4 atom stereocenters. The quantitative estimate of drug-likeness (QED) is 0.282. The smallest absolute Gasteiger partial charge is 0.407 e. The molecule has 1 aromatic heterocycles. The minimum atomic E-state index is -1.39. The highest BCUT2D eigenvalue weighted by molar-refractivity contribution is 5.83. The Balaban J connectivity index is 1.20. The van der Waals surface area contributed by atoms with E-state index in [1.165, 1.54) is 6.92 Å². The Morgan fingerprint density at radius 1 is 0.976 bits per heavy atom. The summed E-state index contributed by atoms with van der Waals surface area (Å²) in [5, 5.41) is 15.7. The van der Waals surface area contributed by atoms with Crippen LogP contribution in [0.5, 0.6) is 0 Å². The number of esters is 1. The van der Waals surface area contributed by atoms with Crippen LogP contribution in [0.4, 0.5) is 4.79 Å². The number of aliphatic hydroxyl groups excluding tert-OH is 1. The van der Waals surface area contributed by atoms with Crippen LogP contribution in [0.3, 0.4) is 0 Å². The van der Waals surface area contributed by atoms with Gasteiger partial charge in [0.15, 0.2) is 6.23 Å². The third kappa shape index (κ3) is 5.90. The maximum Gasteiger partial charge on any atom is 0.407 e. The first-order chi connectivity index (χ1) is 19.7. The van der Waals surface area contributed by atoms with Crippen molar-refractivity contribution in [2.24, 2.45) is 0 Å². The number of H-pyrrole nitrogens is 1. The van der Waals surface area contributed by atoms with E-state index < -0.39 is 60.2 Å². The third-order valence-corrected chi connectivity index (χ3v) is 7.01. The molecule has 2 heterocycles. The van der Waals surface area contributed by atoms with Gasteiger partial charge < -0.3 is 30.0 Å². The number of fused-ring (bicyclic) bond motifs is 3. The Hall–Kier alpha value is -4.75. The number of benzene rings is 2. The summed E-state index contributed by atoms with van der Waals surface area (Å²) in [6.45, 7) is 0.405. The fourth-order valence-electron chi connectivity index (χ4n) is 5.14. The third-order valence-electron chi connectivity index (χ3n) is 7.01. The van der Waals surface area contributed by atoms with Crippen molar-refractivity contribution in [3.8, 4) is 11.1 Å². The van der Waals surface area contributed by atoms with Gasteiger partial charge in [-0.1, -0.05) is 48.5 Å². The molecule has 1 saturated heterocycles. The fraction of sp³-hybridized carbons (Fsp3) is 0.321. The number of hydrogen-bond acceptors (Lipinski definition) is 9. The first-order valence-electron chi connectivity index (χ1n) is 12.9. The highest BCUT2D eigenvalue weighted by Gasteiger charge is 2.46. The largest absolute Gasteiger partial charge is 0.463 e. The van der Waals surface area contributed by atoms with Gasteiger partial charge in [0, 0.05) is 25.1 Å². The minimum Gasteiger partial charge on any atom is -0.463 e. The van der Waals surface area contributed by atoms with Crippen LogP contribution in [-0.2, 0) is 23.8 Å². The molecule has 2 aromatic carbocycles. The second kappa shape index (κ2) is 11.8. The van der Waals surface area contributed by atoms with Gasteiger partial charge in [0.2, 0.25) is 5.91 Å². The monoisotopic (exact) mass is 564 g/mol. The summed E-state index contributed by atoms with van der Waals surface area (Å²) in [5.74, 6) is -1.47. The molecule has 0 unspecified atom stereocenters. The number of ether oxygens (including phenoxy) is 3. The van der Waals surface area contributed by atoms with Crippen LogP contribution in [0.2, 0.25) is 0 Å². The lowest BCUT2D eigenvalue weighted by molar-refractivity contribution is -0.147. The highest BCUT2D eigenvalue weighted by Crippen LogP contribution is 2.44. The highest BCUT2D eigenvalue weighted by atomic mass is 16.6. The topological polar surface area (TPSA) is 178 Å². The molecule has 0 spiro atoms. The molecule has 4 N–H and O–H groups in total. The molecule has 13 nitrogen and oxygen atoms in total. The van der Waals surface area contributed by atoms with Crippen LogP contribution in [0.25, 0.3) is 11.1 Å². The Bertz CT molecular complexity index is 1540. The molecule has 0 radical (unpaired) electrons. The SMILES string of the molecule is CC(=O)OC[C@H]1O[C@@H](n2ccc(=O)[nH]c2=O)[C@H](NC(=O)CNC(=O)OCC2c3ccccc3-c3ccccc32)[C@@H]1O. The fourth-order valence-corrected chi connectivity index (χ4v) is 5.14. The van der Waals surface area contributed by atoms with Gasteiger partial charge in [0.1, 0.15) is 38.0 Å². The molecule has 13 heteroatoms. The van der Waals surface area contributed by atoms with Gasteiger partial charge in [-0.05, 0) is 22.3 Å². The van der Waals surface area contributed by atoms with E-state index in [9.17, 15) is 29.1 Å². The molecule has 0 saturated carbocycles. The van der Waals surface area contributed by atoms with Crippen LogP contribution in [0, 0.1) is 0 Å². The van der Waals surface area contributed by atoms with E-state index in [-0.39, 0.29) is 19.1 Å². The van der Waals surface area contributed by atoms with Gasteiger partial charge in [0.05, 0.1) is 0 Å². The molecule has 2 aliphatic rings. The number of hydrogen-bond donors (Lipinski definition) is 4. The molecule has 1 aliphatic heterocycles. The van der Waals surface area contributed by atoms with E-state index in [2.05, 4.69) is 15.6 Å². The van der Waals surface area contributed by atoms with Gasteiger partial charge in [-0.25, -0.2) is 9.59 Å². The minimum absolute atomic E-state index is 0.0612. The summed E-state index contributed by atoms with van der Waals surface area (Å²) < 4.78 is 17.1. The van der Waals surface area contributed by atoms with Gasteiger partial charge in [-0.2, -0.15) is 0 Å². The maximum atomic E-state index is 12.7. The Kier molecular flexibility index (Phi) is 7.99. The second-order valence-electron chi connectivity index (χ2n) is 9.65. The lowest BCUT2D eigenvalue weighted by Gasteiger charge is -2.23. The zero-order valence-electron chi connectivity index (χ0n) is 21.9. The summed E-state index contributed by atoms with van der Waals surface area (Å²) in [7, 11) is 0. The van der Waals surface area contributed by atoms with Gasteiger partial charge in [-0.3, -0.25) is 23.9 Å². The summed E-state index contributed by atoms with van der Waals surface area (Å²) in [6.07, 6.45) is -3.37. The van der Waals surface area contributed by atoms with E-state index in [0.29, 0.717) is 0 Å². The predicted molar refractivity (Wildman–Crippen MR) is 143 cm³/mol. The van der Waals surface area contributed by atoms with Crippen molar-refractivity contribution in [3.63, 3.8) is 0 Å². The summed E-state index contributed by atoms with van der Waals surface area (Å²) in [5.41, 5.74) is 2.77. The number of aromatic amines is 1. The number of aromatic nitrogens is 2. The molecule has 3 aromatic rings. The first-order valence-corrected chi connectivity index (χ1v) is 12.9. The van der Waals surface area contributed by atoms with Crippen LogP contribution in [-0.4, -0.2) is 70.6 Å². The van der Waals surface area contributed by atoms with Crippen molar-refractivity contribution < 1.29 is 33.7 Å². The number of carbonyl (C=O) groups excluding carboxylic acids is 3. The van der Waals surface area contributed by atoms with Crippen molar-refractivity contribution in [1.82, 2.24) is 20.2 Å². The molecule has 41 heavy (non-hydrogen) atoms.